The number of amides is 2. The lowest BCUT2D eigenvalue weighted by molar-refractivity contribution is -0.154. The Labute approximate surface area is 368 Å². The second kappa shape index (κ2) is 23.2. The van der Waals surface area contributed by atoms with Crippen molar-refractivity contribution < 1.29 is 28.7 Å². The van der Waals surface area contributed by atoms with E-state index in [2.05, 4.69) is 24.5 Å². The molecule has 0 bridgehead atoms. The Balaban J connectivity index is 1.49. The second-order valence-electron chi connectivity index (χ2n) is 17.0. The van der Waals surface area contributed by atoms with E-state index in [4.69, 9.17) is 9.47 Å². The lowest BCUT2D eigenvalue weighted by Gasteiger charge is -2.33. The number of esters is 2. The molecule has 2 saturated heterocycles. The van der Waals surface area contributed by atoms with Gasteiger partial charge in [0.15, 0.2) is 0 Å². The van der Waals surface area contributed by atoms with Crippen molar-refractivity contribution in [2.24, 2.45) is 11.8 Å². The molecule has 6 rings (SSSR count). The third kappa shape index (κ3) is 11.6. The third-order valence-electron chi connectivity index (χ3n) is 12.3. The summed E-state index contributed by atoms with van der Waals surface area (Å²) < 4.78 is 12.3. The third-order valence-corrected chi connectivity index (χ3v) is 12.3. The minimum atomic E-state index is -1.19. The van der Waals surface area contributed by atoms with Crippen LogP contribution in [0.2, 0.25) is 0 Å². The van der Waals surface area contributed by atoms with Gasteiger partial charge in [0.05, 0.1) is 25.3 Å². The topological polar surface area (TPSA) is 117 Å². The number of hydrogen-bond donors (Lipinski definition) is 2. The molecule has 2 aliphatic heterocycles. The predicted octanol–water partition coefficient (Wildman–Crippen LogP) is 10.7. The molecule has 6 atom stereocenters. The average molecular weight is 843 g/mol. The molecule has 0 unspecified atom stereocenters. The standard InChI is InChI=1S/C52H66N4O6/c1-5-7-9-11-13-21-35-61-51(59)43-45(39-31-27-37(3)28-32-39)55-48(50(58)54-42-25-19-16-20-26-42)44(52(60)62-36-22-14-12-10-8-6-2)46(40-33-29-38(4)30-34-40)56(55)47(43)49(57)53-41-23-17-15-18-24-41/h15-20,23-34,43-48H,5-14,21-22,35-36H2,1-4H3,(H,53,57)(H,54,58)/t43-,44-,45+,46+,47+,48+/m0/s1. The molecule has 2 heterocycles. The first-order valence-corrected chi connectivity index (χ1v) is 23.0. The smallest absolute Gasteiger partial charge is 0.313 e. The molecule has 330 valence electrons. The summed E-state index contributed by atoms with van der Waals surface area (Å²) in [7, 11) is 0. The average Bonchev–Trinajstić information content (AvgIpc) is 3.80. The van der Waals surface area contributed by atoms with E-state index in [1.807, 2.05) is 109 Å². The highest BCUT2D eigenvalue weighted by Gasteiger charge is 2.68. The highest BCUT2D eigenvalue weighted by atomic mass is 16.5. The number of fused-ring (bicyclic) bond motifs is 1. The van der Waals surface area contributed by atoms with Crippen molar-refractivity contribution in [3.05, 3.63) is 131 Å². The fourth-order valence-corrected chi connectivity index (χ4v) is 9.03. The lowest BCUT2D eigenvalue weighted by atomic mass is 9.81. The number of hydrazine groups is 1. The first-order valence-electron chi connectivity index (χ1n) is 23.0. The molecule has 0 aromatic heterocycles. The van der Waals surface area contributed by atoms with Gasteiger partial charge in [0.25, 0.3) is 0 Å². The van der Waals surface area contributed by atoms with Crippen molar-refractivity contribution in [1.29, 1.82) is 0 Å². The summed E-state index contributed by atoms with van der Waals surface area (Å²) in [6.45, 7) is 8.76. The van der Waals surface area contributed by atoms with Crippen LogP contribution < -0.4 is 10.6 Å². The van der Waals surface area contributed by atoms with Crippen molar-refractivity contribution in [3.8, 4) is 0 Å². The van der Waals surface area contributed by atoms with Gasteiger partial charge >= 0.3 is 11.9 Å². The van der Waals surface area contributed by atoms with Crippen molar-refractivity contribution in [3.63, 3.8) is 0 Å². The van der Waals surface area contributed by atoms with E-state index in [-0.39, 0.29) is 13.2 Å². The van der Waals surface area contributed by atoms with Crippen molar-refractivity contribution in [2.75, 3.05) is 23.8 Å². The monoisotopic (exact) mass is 842 g/mol. The molecule has 2 aliphatic rings. The number of unbranched alkanes of at least 4 members (excludes halogenated alkanes) is 10. The molecule has 0 saturated carbocycles. The fraction of sp³-hybridized carbons (Fsp3) is 0.462. The Morgan fingerprint density at radius 3 is 1.16 bits per heavy atom. The Bertz CT molecular complexity index is 1880. The van der Waals surface area contributed by atoms with Crippen LogP contribution >= 0.6 is 0 Å². The van der Waals surface area contributed by atoms with Crippen LogP contribution in [-0.2, 0) is 28.7 Å². The molecule has 62 heavy (non-hydrogen) atoms. The van der Waals surface area contributed by atoms with Crippen LogP contribution in [0.15, 0.2) is 109 Å². The van der Waals surface area contributed by atoms with Gasteiger partial charge in [-0.15, -0.1) is 0 Å². The largest absolute Gasteiger partial charge is 0.465 e. The minimum absolute atomic E-state index is 0.210. The van der Waals surface area contributed by atoms with Gasteiger partial charge in [-0.1, -0.05) is 174 Å². The SMILES string of the molecule is CCCCCCCCOC(=O)[C@H]1[C@@H](c2ccc(C)cc2)N2[C@@H](C(=O)Nc3ccccc3)[C@@H](C(=O)OCCCCCCCC)[C@@H](c3ccc(C)cc3)N2[C@H]1C(=O)Nc1ccccc1. The van der Waals surface area contributed by atoms with Crippen LogP contribution in [0, 0.1) is 25.7 Å². The number of aryl methyl sites for hydroxylation is 2. The number of para-hydroxylation sites is 2. The van der Waals surface area contributed by atoms with Crippen LogP contribution in [0.4, 0.5) is 11.4 Å². The first-order chi connectivity index (χ1) is 30.2. The van der Waals surface area contributed by atoms with Gasteiger partial charge in [-0.2, -0.15) is 0 Å². The van der Waals surface area contributed by atoms with E-state index in [0.29, 0.717) is 24.2 Å². The highest BCUT2D eigenvalue weighted by Crippen LogP contribution is 2.56. The van der Waals surface area contributed by atoms with E-state index in [9.17, 15) is 9.59 Å². The van der Waals surface area contributed by atoms with Crippen molar-refractivity contribution in [2.45, 2.75) is 129 Å². The van der Waals surface area contributed by atoms with E-state index < -0.39 is 59.8 Å². The van der Waals surface area contributed by atoms with Crippen LogP contribution in [0.25, 0.3) is 0 Å². The number of benzene rings is 4. The normalized spacial score (nSPS) is 21.0. The van der Waals surface area contributed by atoms with Gasteiger partial charge in [0.1, 0.15) is 23.9 Å². The van der Waals surface area contributed by atoms with Gasteiger partial charge in [0.2, 0.25) is 11.8 Å². The number of nitrogens with one attached hydrogen (secondary N) is 2. The van der Waals surface area contributed by atoms with Crippen molar-refractivity contribution in [1.82, 2.24) is 10.0 Å². The van der Waals surface area contributed by atoms with E-state index in [1.165, 1.54) is 12.8 Å². The Kier molecular flexibility index (Phi) is 17.3. The number of rotatable bonds is 22. The molecule has 2 fully saturated rings. The first kappa shape index (κ1) is 46.2. The predicted molar refractivity (Wildman–Crippen MR) is 245 cm³/mol. The number of hydrogen-bond acceptors (Lipinski definition) is 8. The number of carbonyl (C=O) groups is 4. The molecular weight excluding hydrogens is 777 g/mol. The maximum absolute atomic E-state index is 15.2. The summed E-state index contributed by atoms with van der Waals surface area (Å²) in [6.07, 6.45) is 12.2. The van der Waals surface area contributed by atoms with Gasteiger partial charge in [-0.25, -0.2) is 10.0 Å². The van der Waals surface area contributed by atoms with E-state index in [0.717, 1.165) is 73.6 Å². The summed E-state index contributed by atoms with van der Waals surface area (Å²) in [5, 5.41) is 9.88. The zero-order valence-corrected chi connectivity index (χ0v) is 37.1. The Hall–Kier alpha value is -5.32. The van der Waals surface area contributed by atoms with Gasteiger partial charge in [0, 0.05) is 11.4 Å². The zero-order chi connectivity index (χ0) is 43.8. The molecule has 2 N–H and O–H groups in total. The molecular formula is C52H66N4O6. The second-order valence-corrected chi connectivity index (χ2v) is 17.0. The highest BCUT2D eigenvalue weighted by molar-refractivity contribution is 6.01. The van der Waals surface area contributed by atoms with E-state index >= 15 is 9.59 Å². The molecule has 0 aliphatic carbocycles. The summed E-state index contributed by atoms with van der Waals surface area (Å²) in [4.78, 5) is 60.2. The minimum Gasteiger partial charge on any atom is -0.465 e. The number of ether oxygens (including phenoxy) is 2. The molecule has 0 spiro atoms. The summed E-state index contributed by atoms with van der Waals surface area (Å²) in [6, 6.07) is 29.8. The fourth-order valence-electron chi connectivity index (χ4n) is 9.03. The molecule has 4 aromatic rings. The van der Waals surface area contributed by atoms with Crippen molar-refractivity contribution >= 4 is 35.1 Å². The van der Waals surface area contributed by atoms with E-state index in [1.54, 1.807) is 24.3 Å². The Morgan fingerprint density at radius 1 is 0.468 bits per heavy atom. The maximum Gasteiger partial charge on any atom is 0.313 e. The number of nitrogens with zero attached hydrogens (tertiary/aromatic N) is 2. The zero-order valence-electron chi connectivity index (χ0n) is 37.1. The van der Waals surface area contributed by atoms with Crippen LogP contribution in [-0.4, -0.2) is 59.1 Å². The summed E-state index contributed by atoms with van der Waals surface area (Å²) in [5.41, 5.74) is 4.58. The number of anilines is 2. The van der Waals surface area contributed by atoms with Crippen LogP contribution in [0.5, 0.6) is 0 Å². The quantitative estimate of drug-likeness (QED) is 0.0593. The lowest BCUT2D eigenvalue weighted by Crippen LogP contribution is -2.49. The van der Waals surface area contributed by atoms with Gasteiger partial charge in [-0.05, 0) is 62.1 Å². The summed E-state index contributed by atoms with van der Waals surface area (Å²) in [5.74, 6) is -4.11. The molecule has 0 radical (unpaired) electrons. The number of carbonyl (C=O) groups excluding carboxylic acids is 4. The van der Waals surface area contributed by atoms with Crippen LogP contribution in [0.3, 0.4) is 0 Å². The van der Waals surface area contributed by atoms with Crippen LogP contribution in [0.1, 0.15) is 125 Å². The molecule has 2 amide bonds. The molecule has 10 nitrogen and oxygen atoms in total. The maximum atomic E-state index is 15.2. The Morgan fingerprint density at radius 2 is 0.806 bits per heavy atom. The van der Waals surface area contributed by atoms with Gasteiger partial charge in [-0.3, -0.25) is 19.2 Å². The summed E-state index contributed by atoms with van der Waals surface area (Å²) >= 11 is 0. The van der Waals surface area contributed by atoms with Gasteiger partial charge < -0.3 is 20.1 Å². The molecule has 10 heteroatoms. The molecule has 4 aromatic carbocycles.